The Morgan fingerprint density at radius 2 is 2.12 bits per heavy atom. The second-order valence-corrected chi connectivity index (χ2v) is 4.84. The van der Waals surface area contributed by atoms with E-state index in [1.807, 2.05) is 0 Å². The van der Waals surface area contributed by atoms with Gasteiger partial charge in [-0.25, -0.2) is 8.78 Å². The second-order valence-electron chi connectivity index (χ2n) is 4.84. The topological polar surface area (TPSA) is 49.5 Å². The van der Waals surface area contributed by atoms with Crippen LogP contribution in [-0.4, -0.2) is 23.8 Å². The summed E-state index contributed by atoms with van der Waals surface area (Å²) in [5.74, 6) is -1.41. The van der Waals surface area contributed by atoms with Crippen molar-refractivity contribution in [3.8, 4) is 0 Å². The predicted molar refractivity (Wildman–Crippen MR) is 62.8 cm³/mol. The highest BCUT2D eigenvalue weighted by Gasteiger charge is 2.29. The first-order chi connectivity index (χ1) is 7.89. The van der Waals surface area contributed by atoms with Crippen molar-refractivity contribution >= 4 is 11.4 Å². The van der Waals surface area contributed by atoms with E-state index in [9.17, 15) is 13.9 Å². The van der Waals surface area contributed by atoms with Crippen molar-refractivity contribution in [1.29, 1.82) is 0 Å². The molecule has 1 aromatic carbocycles. The number of nitrogens with zero attached hydrogens (tertiary/aromatic N) is 1. The minimum atomic E-state index is -0.840. The van der Waals surface area contributed by atoms with Gasteiger partial charge in [-0.05, 0) is 25.8 Å². The lowest BCUT2D eigenvalue weighted by Crippen LogP contribution is -2.46. The van der Waals surface area contributed by atoms with E-state index in [0.717, 1.165) is 12.5 Å². The van der Waals surface area contributed by atoms with Crippen LogP contribution in [-0.2, 0) is 0 Å². The number of halogens is 2. The van der Waals surface area contributed by atoms with Crippen molar-refractivity contribution in [2.75, 3.05) is 23.7 Å². The molecule has 1 saturated heterocycles. The van der Waals surface area contributed by atoms with Crippen LogP contribution in [0, 0.1) is 11.6 Å². The Morgan fingerprint density at radius 3 is 2.76 bits per heavy atom. The Hall–Kier alpha value is -1.36. The third-order valence-corrected chi connectivity index (χ3v) is 3.09. The molecule has 94 valence electrons. The van der Waals surface area contributed by atoms with Crippen molar-refractivity contribution in [3.05, 3.63) is 23.8 Å². The van der Waals surface area contributed by atoms with Gasteiger partial charge < -0.3 is 15.7 Å². The van der Waals surface area contributed by atoms with Crippen LogP contribution in [0.15, 0.2) is 12.1 Å². The Balaban J connectivity index is 2.34. The molecular formula is C12H16F2N2O. The molecule has 1 heterocycles. The normalized spacial score (nSPS) is 25.1. The zero-order valence-corrected chi connectivity index (χ0v) is 9.71. The molecule has 0 aliphatic carbocycles. The van der Waals surface area contributed by atoms with Gasteiger partial charge in [-0.1, -0.05) is 0 Å². The molecule has 0 bridgehead atoms. The minimum absolute atomic E-state index is 0.0656. The summed E-state index contributed by atoms with van der Waals surface area (Å²) in [6.07, 6.45) is 1.45. The minimum Gasteiger partial charge on any atom is -0.395 e. The highest BCUT2D eigenvalue weighted by atomic mass is 19.1. The smallest absolute Gasteiger partial charge is 0.151 e. The number of nitrogens with two attached hydrogens (primary N) is 1. The molecule has 3 N–H and O–H groups in total. The molecular weight excluding hydrogens is 226 g/mol. The van der Waals surface area contributed by atoms with Gasteiger partial charge in [0.15, 0.2) is 5.82 Å². The van der Waals surface area contributed by atoms with E-state index in [-0.39, 0.29) is 5.69 Å². The summed E-state index contributed by atoms with van der Waals surface area (Å²) in [5, 5.41) is 9.97. The Kier molecular flexibility index (Phi) is 2.95. The van der Waals surface area contributed by atoms with Gasteiger partial charge in [-0.3, -0.25) is 0 Å². The first kappa shape index (κ1) is 12.1. The maximum absolute atomic E-state index is 13.3. The standard InChI is InChI=1S/C12H16F2N2O/c1-12(17)3-2-4-16(7-12)10-6-8(13)5-9(14)11(10)15/h5-6,17H,2-4,7,15H2,1H3. The average Bonchev–Trinajstić information content (AvgIpc) is 2.22. The van der Waals surface area contributed by atoms with Crippen LogP contribution in [0.5, 0.6) is 0 Å². The van der Waals surface area contributed by atoms with Crippen LogP contribution in [0.1, 0.15) is 19.8 Å². The van der Waals surface area contributed by atoms with E-state index >= 15 is 0 Å². The van der Waals surface area contributed by atoms with Gasteiger partial charge in [0.25, 0.3) is 0 Å². The maximum atomic E-state index is 13.3. The van der Waals surface area contributed by atoms with E-state index in [4.69, 9.17) is 5.73 Å². The summed E-state index contributed by atoms with van der Waals surface area (Å²) in [6.45, 7) is 2.69. The first-order valence-corrected chi connectivity index (χ1v) is 5.61. The summed E-state index contributed by atoms with van der Waals surface area (Å²) in [5.41, 5.74) is 5.02. The molecule has 0 amide bonds. The first-order valence-electron chi connectivity index (χ1n) is 5.61. The molecule has 1 atom stereocenters. The maximum Gasteiger partial charge on any atom is 0.151 e. The largest absolute Gasteiger partial charge is 0.395 e. The Labute approximate surface area is 98.8 Å². The lowest BCUT2D eigenvalue weighted by molar-refractivity contribution is 0.0449. The fourth-order valence-electron chi connectivity index (χ4n) is 2.26. The van der Waals surface area contributed by atoms with Gasteiger partial charge in [0.1, 0.15) is 5.82 Å². The number of rotatable bonds is 1. The molecule has 17 heavy (non-hydrogen) atoms. The summed E-state index contributed by atoms with van der Waals surface area (Å²) < 4.78 is 26.5. The molecule has 0 radical (unpaired) electrons. The monoisotopic (exact) mass is 242 g/mol. The fourth-order valence-corrected chi connectivity index (χ4v) is 2.26. The van der Waals surface area contributed by atoms with E-state index in [1.165, 1.54) is 6.07 Å². The molecule has 1 fully saturated rings. The number of hydrogen-bond acceptors (Lipinski definition) is 3. The molecule has 1 aromatic rings. The third kappa shape index (κ3) is 2.49. The number of piperidine rings is 1. The number of β-amino-alcohol motifs (C(OH)–C–C–N with tert-alkyl or cyclic N) is 1. The van der Waals surface area contributed by atoms with Crippen LogP contribution < -0.4 is 10.6 Å². The average molecular weight is 242 g/mol. The molecule has 1 aliphatic rings. The SMILES string of the molecule is CC1(O)CCCN(c2cc(F)cc(F)c2N)C1. The molecule has 0 spiro atoms. The van der Waals surface area contributed by atoms with E-state index < -0.39 is 17.2 Å². The Bertz CT molecular complexity index is 435. The molecule has 1 unspecified atom stereocenters. The van der Waals surface area contributed by atoms with E-state index in [0.29, 0.717) is 25.2 Å². The fraction of sp³-hybridized carbons (Fsp3) is 0.500. The molecule has 5 heteroatoms. The van der Waals surface area contributed by atoms with Crippen LogP contribution >= 0.6 is 0 Å². The summed E-state index contributed by atoms with van der Waals surface area (Å²) in [4.78, 5) is 1.73. The van der Waals surface area contributed by atoms with Gasteiger partial charge >= 0.3 is 0 Å². The van der Waals surface area contributed by atoms with Crippen LogP contribution in [0.4, 0.5) is 20.2 Å². The molecule has 0 saturated carbocycles. The van der Waals surface area contributed by atoms with Crippen LogP contribution in [0.2, 0.25) is 0 Å². The van der Waals surface area contributed by atoms with E-state index in [1.54, 1.807) is 11.8 Å². The molecule has 0 aromatic heterocycles. The van der Waals surface area contributed by atoms with Crippen LogP contribution in [0.25, 0.3) is 0 Å². The van der Waals surface area contributed by atoms with E-state index in [2.05, 4.69) is 0 Å². The third-order valence-electron chi connectivity index (χ3n) is 3.09. The molecule has 3 nitrogen and oxygen atoms in total. The number of nitrogen functional groups attached to an aromatic ring is 1. The lowest BCUT2D eigenvalue weighted by Gasteiger charge is -2.38. The molecule has 1 aliphatic heterocycles. The van der Waals surface area contributed by atoms with Crippen LogP contribution in [0.3, 0.4) is 0 Å². The number of anilines is 2. The van der Waals surface area contributed by atoms with Crippen molar-refractivity contribution in [3.63, 3.8) is 0 Å². The highest BCUT2D eigenvalue weighted by Crippen LogP contribution is 2.31. The predicted octanol–water partition coefficient (Wildman–Crippen LogP) is 1.90. The van der Waals surface area contributed by atoms with Crippen molar-refractivity contribution in [2.45, 2.75) is 25.4 Å². The lowest BCUT2D eigenvalue weighted by atomic mass is 9.94. The second kappa shape index (κ2) is 4.14. The molecule has 2 rings (SSSR count). The van der Waals surface area contributed by atoms with Gasteiger partial charge in [-0.2, -0.15) is 0 Å². The zero-order valence-electron chi connectivity index (χ0n) is 9.71. The number of hydrogen-bond donors (Lipinski definition) is 2. The quantitative estimate of drug-likeness (QED) is 0.739. The van der Waals surface area contributed by atoms with Crippen molar-refractivity contribution in [2.24, 2.45) is 0 Å². The van der Waals surface area contributed by atoms with Crippen molar-refractivity contribution in [1.82, 2.24) is 0 Å². The van der Waals surface area contributed by atoms with Crippen molar-refractivity contribution < 1.29 is 13.9 Å². The van der Waals surface area contributed by atoms with Gasteiger partial charge in [-0.15, -0.1) is 0 Å². The zero-order chi connectivity index (χ0) is 12.6. The van der Waals surface area contributed by atoms with Gasteiger partial charge in [0.05, 0.1) is 17.0 Å². The highest BCUT2D eigenvalue weighted by molar-refractivity contribution is 5.68. The van der Waals surface area contributed by atoms with Gasteiger partial charge in [0, 0.05) is 19.2 Å². The summed E-state index contributed by atoms with van der Waals surface area (Å²) >= 11 is 0. The Morgan fingerprint density at radius 1 is 1.41 bits per heavy atom. The number of benzene rings is 1. The summed E-state index contributed by atoms with van der Waals surface area (Å²) in [6, 6.07) is 1.97. The summed E-state index contributed by atoms with van der Waals surface area (Å²) in [7, 11) is 0. The number of aliphatic hydroxyl groups is 1. The van der Waals surface area contributed by atoms with Gasteiger partial charge in [0.2, 0.25) is 0 Å².